The molecule has 0 aliphatic carbocycles. The second-order valence-corrected chi connectivity index (χ2v) is 3.28. The highest BCUT2D eigenvalue weighted by molar-refractivity contribution is 5.52. The van der Waals surface area contributed by atoms with Gasteiger partial charge in [-0.15, -0.1) is 0 Å². The third kappa shape index (κ3) is 3.51. The van der Waals surface area contributed by atoms with E-state index in [-0.39, 0.29) is 0 Å². The number of ether oxygens (including phenoxy) is 1. The first-order valence-electron chi connectivity index (χ1n) is 4.48. The summed E-state index contributed by atoms with van der Waals surface area (Å²) in [6.07, 6.45) is 5.23. The van der Waals surface area contributed by atoms with E-state index >= 15 is 0 Å². The van der Waals surface area contributed by atoms with Crippen LogP contribution in [-0.2, 0) is 4.74 Å². The smallest absolute Gasteiger partial charge is 0.165 e. The quantitative estimate of drug-likeness (QED) is 0.559. The molecule has 0 aromatic carbocycles. The minimum absolute atomic E-state index is 0.373. The normalized spacial score (nSPS) is 17.5. The molecule has 0 fully saturated rings. The summed E-state index contributed by atoms with van der Waals surface area (Å²) in [7, 11) is 0. The van der Waals surface area contributed by atoms with Crippen molar-refractivity contribution in [3.8, 4) is 0 Å². The Kier molecular flexibility index (Phi) is 3.57. The molecule has 0 N–H and O–H groups in total. The van der Waals surface area contributed by atoms with Gasteiger partial charge in [-0.1, -0.05) is 0 Å². The van der Waals surface area contributed by atoms with Gasteiger partial charge in [0.25, 0.3) is 0 Å². The van der Waals surface area contributed by atoms with Crippen LogP contribution in [0.15, 0.2) is 0 Å². The fourth-order valence-corrected chi connectivity index (χ4v) is 1.27. The Morgan fingerprint density at radius 3 is 2.91 bits per heavy atom. The summed E-state index contributed by atoms with van der Waals surface area (Å²) in [5.74, 6) is 0. The van der Waals surface area contributed by atoms with E-state index in [0.29, 0.717) is 6.10 Å². The maximum Gasteiger partial charge on any atom is 0.165 e. The molecule has 0 amide bonds. The first-order valence-corrected chi connectivity index (χ1v) is 4.48. The summed E-state index contributed by atoms with van der Waals surface area (Å²) in [6, 6.07) is 0. The molecule has 11 heavy (non-hydrogen) atoms. The van der Waals surface area contributed by atoms with Gasteiger partial charge in [0.15, 0.2) is 6.54 Å². The van der Waals surface area contributed by atoms with E-state index in [1.165, 1.54) is 19.4 Å². The molecule has 2 nitrogen and oxygen atoms in total. The Hall–Kier alpha value is -0.370. The highest BCUT2D eigenvalue weighted by Crippen LogP contribution is 1.96. The summed E-state index contributed by atoms with van der Waals surface area (Å²) in [4.78, 5) is 0. The van der Waals surface area contributed by atoms with Crippen molar-refractivity contribution in [3.63, 3.8) is 0 Å². The molecule has 1 aliphatic heterocycles. The van der Waals surface area contributed by atoms with Crippen molar-refractivity contribution in [1.82, 2.24) is 0 Å². The van der Waals surface area contributed by atoms with Crippen LogP contribution in [0.4, 0.5) is 0 Å². The lowest BCUT2D eigenvalue weighted by atomic mass is 10.4. The highest BCUT2D eigenvalue weighted by Gasteiger charge is 2.09. The lowest BCUT2D eigenvalue weighted by Crippen LogP contribution is -2.17. The average molecular weight is 156 g/mol. The molecule has 0 saturated carbocycles. The van der Waals surface area contributed by atoms with Crippen LogP contribution in [0, 0.1) is 0 Å². The van der Waals surface area contributed by atoms with E-state index in [1.807, 2.05) is 0 Å². The van der Waals surface area contributed by atoms with Gasteiger partial charge in [-0.05, 0) is 13.8 Å². The van der Waals surface area contributed by atoms with Gasteiger partial charge in [0.05, 0.1) is 6.10 Å². The van der Waals surface area contributed by atoms with Crippen LogP contribution in [0.3, 0.4) is 0 Å². The molecule has 1 rings (SSSR count). The molecule has 0 saturated heterocycles. The zero-order valence-corrected chi connectivity index (χ0v) is 7.55. The molecule has 0 unspecified atom stereocenters. The molecule has 64 valence electrons. The molecular weight excluding hydrogens is 138 g/mol. The molecule has 1 aliphatic rings. The van der Waals surface area contributed by atoms with Crippen molar-refractivity contribution in [2.45, 2.75) is 32.8 Å². The first kappa shape index (κ1) is 8.72. The van der Waals surface area contributed by atoms with E-state index in [4.69, 9.17) is 4.74 Å². The minimum atomic E-state index is 0.373. The summed E-state index contributed by atoms with van der Waals surface area (Å²) in [5, 5.41) is 0. The van der Waals surface area contributed by atoms with Crippen molar-refractivity contribution in [2.75, 3.05) is 19.7 Å². The summed E-state index contributed by atoms with van der Waals surface area (Å²) in [6.45, 7) is 7.31. The molecule has 2 heteroatoms. The Bertz CT molecular complexity index is 140. The van der Waals surface area contributed by atoms with E-state index in [0.717, 1.165) is 13.2 Å². The van der Waals surface area contributed by atoms with Gasteiger partial charge in [-0.25, -0.2) is 4.58 Å². The van der Waals surface area contributed by atoms with Crippen molar-refractivity contribution in [1.29, 1.82) is 0 Å². The van der Waals surface area contributed by atoms with Crippen LogP contribution >= 0.6 is 0 Å². The average Bonchev–Trinajstić information content (AvgIpc) is 2.39. The van der Waals surface area contributed by atoms with Gasteiger partial charge in [-0.2, -0.15) is 0 Å². The fourth-order valence-electron chi connectivity index (χ4n) is 1.27. The maximum atomic E-state index is 5.44. The SMILES string of the molecule is CC(C)OCC[N+]1=CCCC1. The third-order valence-electron chi connectivity index (χ3n) is 1.87. The van der Waals surface area contributed by atoms with Crippen LogP contribution in [0.25, 0.3) is 0 Å². The molecule has 0 atom stereocenters. The highest BCUT2D eigenvalue weighted by atomic mass is 16.5. The number of nitrogens with zero attached hydrogens (tertiary/aromatic N) is 1. The summed E-state index contributed by atoms with van der Waals surface area (Å²) in [5.41, 5.74) is 0. The van der Waals surface area contributed by atoms with Gasteiger partial charge in [0, 0.05) is 12.8 Å². The maximum absolute atomic E-state index is 5.44. The molecule has 0 radical (unpaired) electrons. The standard InChI is InChI=1S/C9H18NO/c1-9(2)11-8-7-10-5-3-4-6-10/h5,9H,3-4,6-8H2,1-2H3/q+1. The predicted octanol–water partition coefficient (Wildman–Crippen LogP) is 1.29. The van der Waals surface area contributed by atoms with Crippen molar-refractivity contribution < 1.29 is 9.31 Å². The van der Waals surface area contributed by atoms with Gasteiger partial charge in [0.1, 0.15) is 19.4 Å². The summed E-state index contributed by atoms with van der Waals surface area (Å²) >= 11 is 0. The second-order valence-electron chi connectivity index (χ2n) is 3.28. The van der Waals surface area contributed by atoms with E-state index in [2.05, 4.69) is 24.6 Å². The fraction of sp³-hybridized carbons (Fsp3) is 0.889. The molecular formula is C9H18NO+. The molecule has 0 aromatic heterocycles. The zero-order valence-electron chi connectivity index (χ0n) is 7.55. The lowest BCUT2D eigenvalue weighted by molar-refractivity contribution is -0.519. The lowest BCUT2D eigenvalue weighted by Gasteiger charge is -2.04. The predicted molar refractivity (Wildman–Crippen MR) is 46.4 cm³/mol. The van der Waals surface area contributed by atoms with E-state index in [9.17, 15) is 0 Å². The van der Waals surface area contributed by atoms with Crippen molar-refractivity contribution in [3.05, 3.63) is 0 Å². The number of hydrogen-bond donors (Lipinski definition) is 0. The van der Waals surface area contributed by atoms with Crippen molar-refractivity contribution >= 4 is 6.21 Å². The van der Waals surface area contributed by atoms with Gasteiger partial charge < -0.3 is 4.74 Å². The van der Waals surface area contributed by atoms with Crippen LogP contribution in [-0.4, -0.2) is 36.6 Å². The number of rotatable bonds is 4. The van der Waals surface area contributed by atoms with E-state index in [1.54, 1.807) is 0 Å². The Morgan fingerprint density at radius 1 is 1.55 bits per heavy atom. The zero-order chi connectivity index (χ0) is 8.10. The van der Waals surface area contributed by atoms with Gasteiger partial charge in [0.2, 0.25) is 0 Å². The Balaban J connectivity index is 2.03. The molecule has 0 bridgehead atoms. The monoisotopic (exact) mass is 156 g/mol. The minimum Gasteiger partial charge on any atom is -0.372 e. The molecule has 0 spiro atoms. The molecule has 1 heterocycles. The topological polar surface area (TPSA) is 12.2 Å². The van der Waals surface area contributed by atoms with Crippen LogP contribution in [0.5, 0.6) is 0 Å². The van der Waals surface area contributed by atoms with Crippen LogP contribution in [0.1, 0.15) is 26.7 Å². The van der Waals surface area contributed by atoms with E-state index < -0.39 is 0 Å². The van der Waals surface area contributed by atoms with Crippen LogP contribution in [0.2, 0.25) is 0 Å². The largest absolute Gasteiger partial charge is 0.372 e. The van der Waals surface area contributed by atoms with Gasteiger partial charge in [-0.3, -0.25) is 0 Å². The van der Waals surface area contributed by atoms with Crippen molar-refractivity contribution in [2.24, 2.45) is 0 Å². The Labute approximate surface area is 68.9 Å². The summed E-state index contributed by atoms with van der Waals surface area (Å²) < 4.78 is 7.79. The Morgan fingerprint density at radius 2 is 2.36 bits per heavy atom. The number of hydrogen-bond acceptors (Lipinski definition) is 1. The first-order chi connectivity index (χ1) is 5.29. The molecule has 0 aromatic rings. The van der Waals surface area contributed by atoms with Crippen LogP contribution < -0.4 is 0 Å². The van der Waals surface area contributed by atoms with Gasteiger partial charge >= 0.3 is 0 Å². The third-order valence-corrected chi connectivity index (χ3v) is 1.87. The second kappa shape index (κ2) is 4.50.